The largest absolute Gasteiger partial charge is 0.496 e. The Kier molecular flexibility index (Phi) is 8.63. The number of aliphatic imine (C=N–C) groups is 1. The molecular formula is C21H28F2IN5O. The summed E-state index contributed by atoms with van der Waals surface area (Å²) in [6.45, 7) is 5.49. The maximum absolute atomic E-state index is 14.0. The number of aryl methyl sites for hydroxylation is 1. The number of nitrogens with one attached hydrogen (secondary N) is 2. The number of ether oxygens (including phenoxy) is 1. The lowest BCUT2D eigenvalue weighted by atomic mass is 10.1. The molecule has 0 amide bonds. The molecule has 2 heterocycles. The van der Waals surface area contributed by atoms with E-state index in [0.29, 0.717) is 25.6 Å². The molecule has 164 valence electrons. The fraction of sp³-hybridized carbons (Fsp3) is 0.429. The molecular weight excluding hydrogens is 503 g/mol. The Labute approximate surface area is 193 Å². The predicted molar refractivity (Wildman–Crippen MR) is 126 cm³/mol. The summed E-state index contributed by atoms with van der Waals surface area (Å²) in [4.78, 5) is 10.5. The third kappa shape index (κ3) is 5.30. The molecule has 1 fully saturated rings. The van der Waals surface area contributed by atoms with Gasteiger partial charge in [-0.05, 0) is 32.4 Å². The maximum Gasteiger partial charge on any atom is 0.191 e. The lowest BCUT2D eigenvalue weighted by molar-refractivity contribution is 0.406. The Bertz CT molecular complexity index is 889. The number of methoxy groups -OCH3 is 1. The summed E-state index contributed by atoms with van der Waals surface area (Å²) in [6.07, 6.45) is 2.54. The molecule has 3 rings (SSSR count). The summed E-state index contributed by atoms with van der Waals surface area (Å²) >= 11 is 0. The highest BCUT2D eigenvalue weighted by Crippen LogP contribution is 2.27. The third-order valence-corrected chi connectivity index (χ3v) is 5.18. The van der Waals surface area contributed by atoms with E-state index in [1.54, 1.807) is 25.3 Å². The number of nitrogens with zero attached hydrogens (tertiary/aromatic N) is 3. The van der Waals surface area contributed by atoms with Crippen LogP contribution in [0.2, 0.25) is 0 Å². The summed E-state index contributed by atoms with van der Waals surface area (Å²) < 4.78 is 33.5. The number of halogens is 3. The molecule has 2 N–H and O–H groups in total. The standard InChI is InChI=1S/C21H27F2N5O.HI/c1-13-10-25-18(14(2)20(13)29-4)11-26-21(24-3)27-15-8-9-28(12-15)19-16(22)6-5-7-17(19)23;/h5-7,10,15H,8-9,11-12H2,1-4H3,(H2,24,26,27);1H. The van der Waals surface area contributed by atoms with Crippen LogP contribution < -0.4 is 20.3 Å². The number of anilines is 1. The zero-order valence-corrected chi connectivity index (χ0v) is 20.0. The van der Waals surface area contributed by atoms with Gasteiger partial charge in [-0.3, -0.25) is 9.98 Å². The minimum Gasteiger partial charge on any atom is -0.496 e. The topological polar surface area (TPSA) is 61.8 Å². The molecule has 1 aliphatic rings. The molecule has 1 aliphatic heterocycles. The highest BCUT2D eigenvalue weighted by molar-refractivity contribution is 14.0. The average Bonchev–Trinajstić information content (AvgIpc) is 3.14. The van der Waals surface area contributed by atoms with Gasteiger partial charge in [0.05, 0.1) is 19.3 Å². The molecule has 1 aromatic carbocycles. The Hall–Kier alpha value is -2.17. The van der Waals surface area contributed by atoms with Crippen LogP contribution in [0, 0.1) is 25.5 Å². The number of pyridine rings is 1. The van der Waals surface area contributed by atoms with Crippen LogP contribution in [0.4, 0.5) is 14.5 Å². The Morgan fingerprint density at radius 3 is 2.63 bits per heavy atom. The van der Waals surface area contributed by atoms with Crippen molar-refractivity contribution in [3.05, 3.63) is 52.9 Å². The Morgan fingerprint density at radius 1 is 1.30 bits per heavy atom. The van der Waals surface area contributed by atoms with Crippen LogP contribution in [0.5, 0.6) is 5.75 Å². The van der Waals surface area contributed by atoms with E-state index in [0.717, 1.165) is 29.0 Å². The van der Waals surface area contributed by atoms with Gasteiger partial charge in [0.2, 0.25) is 0 Å². The number of hydrogen-bond acceptors (Lipinski definition) is 4. The van der Waals surface area contributed by atoms with E-state index in [1.807, 2.05) is 13.8 Å². The number of aromatic nitrogens is 1. The highest BCUT2D eigenvalue weighted by atomic mass is 127. The van der Waals surface area contributed by atoms with Crippen molar-refractivity contribution in [3.63, 3.8) is 0 Å². The molecule has 6 nitrogen and oxygen atoms in total. The molecule has 0 saturated carbocycles. The summed E-state index contributed by atoms with van der Waals surface area (Å²) in [6, 6.07) is 3.97. The Morgan fingerprint density at radius 2 is 2.00 bits per heavy atom. The van der Waals surface area contributed by atoms with E-state index < -0.39 is 11.6 Å². The van der Waals surface area contributed by atoms with E-state index in [4.69, 9.17) is 4.74 Å². The van der Waals surface area contributed by atoms with Gasteiger partial charge in [-0.15, -0.1) is 24.0 Å². The first kappa shape index (κ1) is 24.1. The van der Waals surface area contributed by atoms with E-state index in [-0.39, 0.29) is 35.7 Å². The second-order valence-electron chi connectivity index (χ2n) is 7.12. The van der Waals surface area contributed by atoms with Crippen molar-refractivity contribution in [2.75, 3.05) is 32.1 Å². The first-order valence-electron chi connectivity index (χ1n) is 9.59. The van der Waals surface area contributed by atoms with Crippen LogP contribution in [0.3, 0.4) is 0 Å². The van der Waals surface area contributed by atoms with Gasteiger partial charge in [-0.1, -0.05) is 6.07 Å². The van der Waals surface area contributed by atoms with E-state index in [9.17, 15) is 8.78 Å². The summed E-state index contributed by atoms with van der Waals surface area (Å²) in [5.74, 6) is 0.371. The van der Waals surface area contributed by atoms with Crippen LogP contribution in [0.25, 0.3) is 0 Å². The SMILES string of the molecule is CN=C(NCc1ncc(C)c(OC)c1C)NC1CCN(c2c(F)cccc2F)C1.I. The molecule has 1 atom stereocenters. The number of guanidine groups is 1. The van der Waals surface area contributed by atoms with Crippen LogP contribution in [-0.4, -0.2) is 44.2 Å². The van der Waals surface area contributed by atoms with Gasteiger partial charge in [-0.2, -0.15) is 0 Å². The van der Waals surface area contributed by atoms with Crippen molar-refractivity contribution < 1.29 is 13.5 Å². The lowest BCUT2D eigenvalue weighted by Gasteiger charge is -2.21. The summed E-state index contributed by atoms with van der Waals surface area (Å²) in [5.41, 5.74) is 2.88. The van der Waals surface area contributed by atoms with Gasteiger partial charge in [-0.25, -0.2) is 8.78 Å². The molecule has 1 aromatic heterocycles. The molecule has 1 saturated heterocycles. The molecule has 0 radical (unpaired) electrons. The van der Waals surface area contributed by atoms with E-state index >= 15 is 0 Å². The zero-order chi connectivity index (χ0) is 21.0. The fourth-order valence-corrected chi connectivity index (χ4v) is 3.68. The van der Waals surface area contributed by atoms with Gasteiger partial charge >= 0.3 is 0 Å². The monoisotopic (exact) mass is 531 g/mol. The van der Waals surface area contributed by atoms with Gasteiger partial charge in [0, 0.05) is 43.5 Å². The van der Waals surface area contributed by atoms with Crippen molar-refractivity contribution >= 4 is 35.6 Å². The molecule has 30 heavy (non-hydrogen) atoms. The van der Waals surface area contributed by atoms with Crippen molar-refractivity contribution in [2.24, 2.45) is 4.99 Å². The summed E-state index contributed by atoms with van der Waals surface area (Å²) in [7, 11) is 3.34. The fourth-order valence-electron chi connectivity index (χ4n) is 3.68. The lowest BCUT2D eigenvalue weighted by Crippen LogP contribution is -2.44. The second-order valence-corrected chi connectivity index (χ2v) is 7.12. The molecule has 0 spiro atoms. The Balaban J connectivity index is 0.00000320. The van der Waals surface area contributed by atoms with Gasteiger partial charge in [0.15, 0.2) is 5.96 Å². The average molecular weight is 531 g/mol. The molecule has 1 unspecified atom stereocenters. The van der Waals surface area contributed by atoms with Gasteiger partial charge in [0.1, 0.15) is 23.1 Å². The van der Waals surface area contributed by atoms with Gasteiger partial charge in [0.25, 0.3) is 0 Å². The van der Waals surface area contributed by atoms with Crippen LogP contribution in [-0.2, 0) is 6.54 Å². The minimum atomic E-state index is -0.539. The minimum absolute atomic E-state index is 0. The van der Waals surface area contributed by atoms with E-state index in [1.165, 1.54) is 18.2 Å². The number of benzene rings is 1. The third-order valence-electron chi connectivity index (χ3n) is 5.18. The second kappa shape index (κ2) is 10.7. The molecule has 9 heteroatoms. The number of rotatable bonds is 5. The first-order chi connectivity index (χ1) is 13.9. The normalized spacial score (nSPS) is 16.3. The first-order valence-corrected chi connectivity index (χ1v) is 9.59. The van der Waals surface area contributed by atoms with Gasteiger partial charge < -0.3 is 20.3 Å². The van der Waals surface area contributed by atoms with Crippen LogP contribution in [0.1, 0.15) is 23.2 Å². The predicted octanol–water partition coefficient (Wildman–Crippen LogP) is 3.55. The number of para-hydroxylation sites is 1. The van der Waals surface area contributed by atoms with Crippen molar-refractivity contribution in [3.8, 4) is 5.75 Å². The maximum atomic E-state index is 14.0. The number of hydrogen-bond donors (Lipinski definition) is 2. The molecule has 0 bridgehead atoms. The van der Waals surface area contributed by atoms with Crippen molar-refractivity contribution in [2.45, 2.75) is 32.9 Å². The summed E-state index contributed by atoms with van der Waals surface area (Å²) in [5, 5.41) is 6.58. The van der Waals surface area contributed by atoms with Crippen molar-refractivity contribution in [1.29, 1.82) is 0 Å². The van der Waals surface area contributed by atoms with Crippen LogP contribution >= 0.6 is 24.0 Å². The zero-order valence-electron chi connectivity index (χ0n) is 17.6. The quantitative estimate of drug-likeness (QED) is 0.351. The molecule has 2 aromatic rings. The van der Waals surface area contributed by atoms with Crippen LogP contribution in [0.15, 0.2) is 29.4 Å². The highest BCUT2D eigenvalue weighted by Gasteiger charge is 2.27. The van der Waals surface area contributed by atoms with Crippen molar-refractivity contribution in [1.82, 2.24) is 15.6 Å². The van der Waals surface area contributed by atoms with E-state index in [2.05, 4.69) is 20.6 Å². The smallest absolute Gasteiger partial charge is 0.191 e. The molecule has 0 aliphatic carbocycles.